The van der Waals surface area contributed by atoms with E-state index in [1.807, 2.05) is 21.9 Å². The third kappa shape index (κ3) is 18.9. The lowest BCUT2D eigenvalue weighted by Crippen LogP contribution is -2.60. The minimum atomic E-state index is -1.14. The smallest absolute Gasteiger partial charge is 0.298 e. The minimum absolute atomic E-state index is 0. The third-order valence-corrected chi connectivity index (χ3v) is 23.6. The number of benzene rings is 6. The molecule has 4 N–H and O–H groups in total. The first kappa shape index (κ1) is 84.5. The Bertz CT molecular complexity index is 5670. The molecule has 9 heterocycles. The Balaban J connectivity index is 0.000000137. The minimum Gasteiger partial charge on any atom is -0.489 e. The number of hydrogen-bond acceptors (Lipinski definition) is 22. The molecule has 6 fully saturated rings. The quantitative estimate of drug-likeness (QED) is 0.0362. The van der Waals surface area contributed by atoms with Crippen LogP contribution in [0.3, 0.4) is 0 Å². The normalized spacial score (nSPS) is 15.8. The number of aromatic nitrogens is 6. The van der Waals surface area contributed by atoms with Gasteiger partial charge in [0.05, 0.1) is 105 Å². The van der Waals surface area contributed by atoms with Gasteiger partial charge >= 0.3 is 0 Å². The molecule has 33 heteroatoms. The predicted molar refractivity (Wildman–Crippen MR) is 452 cm³/mol. The van der Waals surface area contributed by atoms with E-state index in [1.165, 1.54) is 18.6 Å². The molecule has 600 valence electrons. The van der Waals surface area contributed by atoms with Crippen LogP contribution in [0.25, 0.3) is 33.8 Å². The number of nitriles is 2. The van der Waals surface area contributed by atoms with Gasteiger partial charge in [0.2, 0.25) is 0 Å². The number of anilines is 2. The number of hydrogen-bond donors (Lipinski definition) is 4. The summed E-state index contributed by atoms with van der Waals surface area (Å²) in [5, 5.41) is 70.3. The number of halogens is 11. The molecule has 0 radical (unpaired) electrons. The Labute approximate surface area is 730 Å². The van der Waals surface area contributed by atoms with Crippen molar-refractivity contribution < 1.29 is 52.6 Å². The van der Waals surface area contributed by atoms with Crippen molar-refractivity contribution in [3.63, 3.8) is 0 Å². The Morgan fingerprint density at radius 2 is 0.786 bits per heavy atom. The maximum absolute atomic E-state index is 11.2. The molecule has 3 saturated heterocycles. The zero-order valence-electron chi connectivity index (χ0n) is 61.3. The standard InChI is InChI=1S/C28H21Cl3N4O3.C28H22Cl3N3O5.C22H19Cl3N2O3.C6H3BrN2.ClH/c29-21-2-1-3-22(30)25(21)26-19(27(38-34-26)17-5-6-17)13-37-18-7-8-20(23(31)10-18)28(36)14-35(15-28)24-9-4-16(11-32)12-33-24;29-21-2-1-3-22(30)25(21)26-19(27(39-33-26)16-4-5-16)12-37-17-6-8-20(23(31)10-17)28(36)13-34(14-28)24-9-7-18(11-32-24)38-15-35;23-16-2-1-3-17(24)19(16)20-14(21(30-27-20)12-4-5-12)9-29-13-6-7-15(18(25)8-13)22(28)10-26-11-22;7-6-2-1-5(3-8)4-9-6;/h1-4,7-10,12,17,36H,5-6,13-15H2;1-3,6-11,15-16,36H,4-5,12-14H2;1-3,6-8,12,26,28H,4-5,9-11H2;1-2,4H;1H. The molecule has 3 aliphatic carbocycles. The van der Waals surface area contributed by atoms with E-state index in [1.54, 1.807) is 140 Å². The first-order valence-electron chi connectivity index (χ1n) is 36.4. The highest BCUT2D eigenvalue weighted by atomic mass is 79.9. The summed E-state index contributed by atoms with van der Waals surface area (Å²) >= 11 is 61.4. The average molecular weight is 1840 g/mol. The summed E-state index contributed by atoms with van der Waals surface area (Å²) in [4.78, 5) is 26.7. The Hall–Kier alpha value is -8.93. The zero-order chi connectivity index (χ0) is 81.2. The third-order valence-electron chi connectivity index (χ3n) is 20.3. The highest BCUT2D eigenvalue weighted by molar-refractivity contribution is 9.10. The van der Waals surface area contributed by atoms with Crippen LogP contribution in [0.1, 0.15) is 118 Å². The van der Waals surface area contributed by atoms with Crippen molar-refractivity contribution >= 4 is 151 Å². The molecule has 12 aromatic rings. The molecular formula is C84H66BrCl10N11O11. The van der Waals surface area contributed by atoms with Crippen molar-refractivity contribution in [2.45, 2.75) is 92.9 Å². The van der Waals surface area contributed by atoms with Gasteiger partial charge in [-0.3, -0.25) is 4.79 Å². The van der Waals surface area contributed by atoms with Gasteiger partial charge in [-0.15, -0.1) is 12.4 Å². The van der Waals surface area contributed by atoms with Crippen molar-refractivity contribution in [1.29, 1.82) is 10.5 Å². The number of nitrogens with one attached hydrogen (secondary N) is 1. The lowest BCUT2D eigenvalue weighted by atomic mass is 9.86. The Kier molecular flexibility index (Phi) is 26.3. The van der Waals surface area contributed by atoms with Gasteiger partial charge in [-0.2, -0.15) is 10.5 Å². The topological polar surface area (TPSA) is 298 Å². The molecule has 0 bridgehead atoms. The van der Waals surface area contributed by atoms with E-state index in [9.17, 15) is 20.1 Å². The van der Waals surface area contributed by atoms with E-state index in [4.69, 9.17) is 147 Å². The molecule has 6 aliphatic rings. The fourth-order valence-corrected chi connectivity index (χ4v) is 16.7. The molecule has 0 amide bonds. The van der Waals surface area contributed by atoms with Crippen molar-refractivity contribution in [3.8, 4) is 68.9 Å². The first-order chi connectivity index (χ1) is 56.0. The summed E-state index contributed by atoms with van der Waals surface area (Å²) in [6.45, 7) is 3.23. The maximum Gasteiger partial charge on any atom is 0.298 e. The van der Waals surface area contributed by atoms with Crippen LogP contribution >= 0.6 is 133 Å². The van der Waals surface area contributed by atoms with E-state index in [0.717, 1.165) is 77.1 Å². The fourth-order valence-electron chi connectivity index (χ4n) is 13.7. The van der Waals surface area contributed by atoms with Gasteiger partial charge in [-0.25, -0.2) is 15.0 Å². The van der Waals surface area contributed by atoms with Crippen LogP contribution in [-0.4, -0.2) is 91.5 Å². The highest BCUT2D eigenvalue weighted by Gasteiger charge is 2.47. The number of carbonyl (C=O) groups excluding carboxylic acids is 1. The second kappa shape index (κ2) is 36.3. The van der Waals surface area contributed by atoms with Gasteiger partial charge in [-0.1, -0.05) is 156 Å². The van der Waals surface area contributed by atoms with Gasteiger partial charge in [0.15, 0.2) is 0 Å². The highest BCUT2D eigenvalue weighted by Crippen LogP contribution is 2.51. The van der Waals surface area contributed by atoms with Gasteiger partial charge in [0.1, 0.15) is 122 Å². The molecular weight excluding hydrogens is 1770 g/mol. The van der Waals surface area contributed by atoms with Gasteiger partial charge in [0.25, 0.3) is 6.47 Å². The molecule has 0 atom stereocenters. The number of carbonyl (C=O) groups is 1. The Morgan fingerprint density at radius 3 is 1.07 bits per heavy atom. The lowest BCUT2D eigenvalue weighted by molar-refractivity contribution is -0.120. The molecule has 6 aromatic heterocycles. The monoisotopic (exact) mass is 1830 g/mol. The van der Waals surface area contributed by atoms with Gasteiger partial charge in [0, 0.05) is 76.6 Å². The summed E-state index contributed by atoms with van der Waals surface area (Å²) in [5.41, 5.74) is 5.87. The SMILES string of the molecule is Cl.N#Cc1ccc(Br)nc1.N#Cc1ccc(N2CC(O)(c3ccc(OCc4c(-c5c(Cl)cccc5Cl)noc4C4CC4)cc3Cl)C2)nc1.O=COc1ccc(N2CC(O)(c3ccc(OCc4c(-c5c(Cl)cccc5Cl)noc4C4CC4)cc3Cl)C2)nc1.OC1(c2ccc(OCc3c(-c4c(Cl)cccc4Cl)noc3C3CC3)cc2Cl)CNC1. The summed E-state index contributed by atoms with van der Waals surface area (Å²) in [7, 11) is 0. The van der Waals surface area contributed by atoms with Crippen LogP contribution in [0.4, 0.5) is 11.6 Å². The van der Waals surface area contributed by atoms with Crippen molar-refractivity contribution in [2.75, 3.05) is 49.1 Å². The van der Waals surface area contributed by atoms with E-state index in [-0.39, 0.29) is 32.2 Å². The molecule has 117 heavy (non-hydrogen) atoms. The molecule has 18 rings (SSSR count). The summed E-state index contributed by atoms with van der Waals surface area (Å²) in [6.07, 6.45) is 10.7. The number of aliphatic hydroxyl groups is 3. The number of pyridine rings is 3. The van der Waals surface area contributed by atoms with Crippen LogP contribution in [0.15, 0.2) is 182 Å². The fraction of sp³-hybridized carbons (Fsp3) is 0.250. The Morgan fingerprint density at radius 1 is 0.453 bits per heavy atom. The van der Waals surface area contributed by atoms with Crippen molar-refractivity contribution in [3.05, 3.63) is 276 Å². The molecule has 22 nitrogen and oxygen atoms in total. The molecule has 0 spiro atoms. The van der Waals surface area contributed by atoms with Crippen LogP contribution in [-0.2, 0) is 41.4 Å². The molecule has 6 aromatic carbocycles. The second-order valence-electron chi connectivity index (χ2n) is 28.5. The largest absolute Gasteiger partial charge is 0.489 e. The number of β-amino-alcohol motifs (C(OH)–C–C–N with tert-alkyl or cyclic N) is 3. The predicted octanol–water partition coefficient (Wildman–Crippen LogP) is 20.8. The van der Waals surface area contributed by atoms with Gasteiger partial charge < -0.3 is 63.0 Å². The number of rotatable bonds is 22. The van der Waals surface area contributed by atoms with Crippen molar-refractivity contribution in [1.82, 2.24) is 35.7 Å². The van der Waals surface area contributed by atoms with Crippen LogP contribution in [0, 0.1) is 22.7 Å². The van der Waals surface area contributed by atoms with Crippen LogP contribution < -0.4 is 34.1 Å². The van der Waals surface area contributed by atoms with E-state index < -0.39 is 16.8 Å². The number of ether oxygens (including phenoxy) is 4. The molecule has 3 aliphatic heterocycles. The maximum atomic E-state index is 11.2. The first-order valence-corrected chi connectivity index (χ1v) is 40.6. The second-order valence-corrected chi connectivity index (χ2v) is 33.0. The summed E-state index contributed by atoms with van der Waals surface area (Å²) < 4.78 is 40.9. The van der Waals surface area contributed by atoms with Crippen LogP contribution in [0.2, 0.25) is 45.2 Å². The van der Waals surface area contributed by atoms with E-state index >= 15 is 0 Å². The average Bonchev–Trinajstić information content (AvgIpc) is 1.76. The lowest BCUT2D eigenvalue weighted by Gasteiger charge is -2.47. The molecule has 3 saturated carbocycles. The number of nitrogens with zero attached hydrogens (tertiary/aromatic N) is 10. The summed E-state index contributed by atoms with van der Waals surface area (Å²) in [6, 6.07) is 46.1. The van der Waals surface area contributed by atoms with E-state index in [0.29, 0.717) is 205 Å². The van der Waals surface area contributed by atoms with E-state index in [2.05, 4.69) is 57.7 Å². The zero-order valence-corrected chi connectivity index (χ0v) is 70.5. The van der Waals surface area contributed by atoms with Crippen molar-refractivity contribution in [2.24, 2.45) is 0 Å². The molecule has 0 unspecified atom stereocenters. The van der Waals surface area contributed by atoms with Gasteiger partial charge in [-0.05, 0) is 164 Å². The van der Waals surface area contributed by atoms with Crippen LogP contribution in [0.5, 0.6) is 23.0 Å². The summed E-state index contributed by atoms with van der Waals surface area (Å²) in [5.74, 6) is 6.73.